The highest BCUT2D eigenvalue weighted by molar-refractivity contribution is 9.12. The van der Waals surface area contributed by atoms with Crippen molar-refractivity contribution in [3.05, 3.63) is 0 Å². The van der Waals surface area contributed by atoms with Crippen LogP contribution in [0.25, 0.3) is 0 Å². The Labute approximate surface area is 98.7 Å². The summed E-state index contributed by atoms with van der Waals surface area (Å²) in [6.45, 7) is 0.247. The Kier molecular flexibility index (Phi) is 5.09. The van der Waals surface area contributed by atoms with Crippen molar-refractivity contribution in [3.63, 3.8) is 0 Å². The third-order valence-electron chi connectivity index (χ3n) is 2.42. The van der Waals surface area contributed by atoms with E-state index in [1.54, 1.807) is 0 Å². The van der Waals surface area contributed by atoms with Crippen molar-refractivity contribution in [2.24, 2.45) is 5.92 Å². The molecular weight excluding hydrogens is 352 g/mol. The quantitative estimate of drug-likeness (QED) is 0.747. The van der Waals surface area contributed by atoms with Gasteiger partial charge in [-0.05, 0) is 25.2 Å². The SMILES string of the molecule is OCC(Br)C1CCC(Br)C(Br)C1. The van der Waals surface area contributed by atoms with Crippen LogP contribution in [0.2, 0.25) is 0 Å². The summed E-state index contributed by atoms with van der Waals surface area (Å²) >= 11 is 10.8. The number of alkyl halides is 3. The minimum atomic E-state index is 0.247. The van der Waals surface area contributed by atoms with Crippen molar-refractivity contribution >= 4 is 47.8 Å². The molecule has 1 rings (SSSR count). The van der Waals surface area contributed by atoms with E-state index in [2.05, 4.69) is 47.8 Å². The van der Waals surface area contributed by atoms with Gasteiger partial charge in [-0.3, -0.25) is 0 Å². The van der Waals surface area contributed by atoms with E-state index in [0.29, 0.717) is 15.6 Å². The first-order valence-corrected chi connectivity index (χ1v) is 6.93. The monoisotopic (exact) mass is 362 g/mol. The first-order valence-electron chi connectivity index (χ1n) is 4.18. The minimum Gasteiger partial charge on any atom is -0.395 e. The lowest BCUT2D eigenvalue weighted by atomic mass is 9.87. The number of aliphatic hydroxyl groups is 1. The maximum absolute atomic E-state index is 8.97. The predicted octanol–water partition coefficient (Wildman–Crippen LogP) is 3.07. The zero-order chi connectivity index (χ0) is 9.14. The fourth-order valence-electron chi connectivity index (χ4n) is 1.59. The number of hydrogen-bond acceptors (Lipinski definition) is 1. The predicted molar refractivity (Wildman–Crippen MR) is 62.6 cm³/mol. The van der Waals surface area contributed by atoms with Crippen LogP contribution in [0.4, 0.5) is 0 Å². The highest BCUT2D eigenvalue weighted by Crippen LogP contribution is 2.36. The maximum Gasteiger partial charge on any atom is 0.0559 e. The van der Waals surface area contributed by atoms with Crippen LogP contribution >= 0.6 is 47.8 Å². The first kappa shape index (κ1) is 11.5. The standard InChI is InChI=1S/C8H13Br3O/c9-6-2-1-5(3-7(6)10)8(11)4-12/h5-8,12H,1-4H2. The highest BCUT2D eigenvalue weighted by Gasteiger charge is 2.30. The molecule has 1 nitrogen and oxygen atoms in total. The van der Waals surface area contributed by atoms with Crippen LogP contribution < -0.4 is 0 Å². The molecule has 1 aliphatic carbocycles. The van der Waals surface area contributed by atoms with Crippen LogP contribution in [0.3, 0.4) is 0 Å². The van der Waals surface area contributed by atoms with E-state index in [0.717, 1.165) is 6.42 Å². The summed E-state index contributed by atoms with van der Waals surface area (Å²) in [6, 6.07) is 0. The smallest absolute Gasteiger partial charge is 0.0559 e. The lowest BCUT2D eigenvalue weighted by Gasteiger charge is -2.31. The van der Waals surface area contributed by atoms with Crippen molar-refractivity contribution in [2.75, 3.05) is 6.61 Å². The Morgan fingerprint density at radius 2 is 1.92 bits per heavy atom. The van der Waals surface area contributed by atoms with E-state index >= 15 is 0 Å². The molecule has 1 fully saturated rings. The molecule has 4 atom stereocenters. The van der Waals surface area contributed by atoms with Gasteiger partial charge in [-0.15, -0.1) is 0 Å². The Bertz CT molecular complexity index is 142. The molecule has 0 radical (unpaired) electrons. The van der Waals surface area contributed by atoms with Gasteiger partial charge in [0.1, 0.15) is 0 Å². The van der Waals surface area contributed by atoms with Gasteiger partial charge in [-0.2, -0.15) is 0 Å². The second-order valence-electron chi connectivity index (χ2n) is 3.30. The van der Waals surface area contributed by atoms with Gasteiger partial charge >= 0.3 is 0 Å². The van der Waals surface area contributed by atoms with Crippen molar-refractivity contribution in [3.8, 4) is 0 Å². The van der Waals surface area contributed by atoms with Crippen LogP contribution in [0.15, 0.2) is 0 Å². The molecule has 0 aromatic carbocycles. The molecule has 4 unspecified atom stereocenters. The summed E-state index contributed by atoms with van der Waals surface area (Å²) < 4.78 is 0. The van der Waals surface area contributed by atoms with Gasteiger partial charge in [-0.1, -0.05) is 47.8 Å². The van der Waals surface area contributed by atoms with E-state index in [4.69, 9.17) is 5.11 Å². The van der Waals surface area contributed by atoms with Gasteiger partial charge in [-0.25, -0.2) is 0 Å². The molecule has 0 heterocycles. The molecule has 12 heavy (non-hydrogen) atoms. The third-order valence-corrected chi connectivity index (χ3v) is 6.27. The van der Waals surface area contributed by atoms with Crippen LogP contribution in [0.5, 0.6) is 0 Å². The normalized spacial score (nSPS) is 39.5. The summed E-state index contributed by atoms with van der Waals surface area (Å²) in [7, 11) is 0. The average Bonchev–Trinajstić information content (AvgIpc) is 2.08. The molecule has 0 amide bonds. The van der Waals surface area contributed by atoms with Crippen LogP contribution in [-0.4, -0.2) is 26.2 Å². The third kappa shape index (κ3) is 2.96. The molecule has 0 aromatic heterocycles. The van der Waals surface area contributed by atoms with Crippen molar-refractivity contribution in [1.29, 1.82) is 0 Å². The molecule has 0 aliphatic heterocycles. The van der Waals surface area contributed by atoms with Gasteiger partial charge in [0, 0.05) is 14.5 Å². The van der Waals surface area contributed by atoms with Gasteiger partial charge < -0.3 is 5.11 Å². The van der Waals surface area contributed by atoms with Crippen LogP contribution in [0, 0.1) is 5.92 Å². The van der Waals surface area contributed by atoms with Gasteiger partial charge in [0.15, 0.2) is 0 Å². The Hall–Kier alpha value is 1.40. The van der Waals surface area contributed by atoms with Crippen LogP contribution in [0.1, 0.15) is 19.3 Å². The molecule has 72 valence electrons. The zero-order valence-electron chi connectivity index (χ0n) is 6.72. The Morgan fingerprint density at radius 1 is 1.25 bits per heavy atom. The molecule has 1 N–H and O–H groups in total. The average molecular weight is 365 g/mol. The molecule has 1 aliphatic rings. The summed E-state index contributed by atoms with van der Waals surface area (Å²) in [5.41, 5.74) is 0. The Morgan fingerprint density at radius 3 is 2.42 bits per heavy atom. The lowest BCUT2D eigenvalue weighted by Crippen LogP contribution is -2.31. The molecular formula is C8H13Br3O. The minimum absolute atomic E-state index is 0.247. The molecule has 4 heteroatoms. The fourth-order valence-corrected chi connectivity index (χ4v) is 3.29. The van der Waals surface area contributed by atoms with E-state index in [9.17, 15) is 0 Å². The van der Waals surface area contributed by atoms with Gasteiger partial charge in [0.05, 0.1) is 6.61 Å². The van der Waals surface area contributed by atoms with Gasteiger partial charge in [0.25, 0.3) is 0 Å². The molecule has 0 aromatic rings. The second-order valence-corrected chi connectivity index (χ2v) is 6.83. The summed E-state index contributed by atoms with van der Waals surface area (Å²) in [5.74, 6) is 0.619. The van der Waals surface area contributed by atoms with E-state index < -0.39 is 0 Å². The number of aliphatic hydroxyl groups excluding tert-OH is 1. The maximum atomic E-state index is 8.97. The fraction of sp³-hybridized carbons (Fsp3) is 1.00. The topological polar surface area (TPSA) is 20.2 Å². The number of hydrogen-bond donors (Lipinski definition) is 1. The van der Waals surface area contributed by atoms with Crippen molar-refractivity contribution in [2.45, 2.75) is 33.7 Å². The van der Waals surface area contributed by atoms with E-state index in [-0.39, 0.29) is 11.4 Å². The molecule has 0 bridgehead atoms. The van der Waals surface area contributed by atoms with Crippen molar-refractivity contribution in [1.82, 2.24) is 0 Å². The summed E-state index contributed by atoms with van der Waals surface area (Å²) in [5, 5.41) is 8.97. The highest BCUT2D eigenvalue weighted by atomic mass is 79.9. The Balaban J connectivity index is 2.39. The van der Waals surface area contributed by atoms with Crippen molar-refractivity contribution < 1.29 is 5.11 Å². The summed E-state index contributed by atoms with van der Waals surface area (Å²) in [4.78, 5) is 1.44. The van der Waals surface area contributed by atoms with E-state index in [1.165, 1.54) is 12.8 Å². The second kappa shape index (κ2) is 5.32. The van der Waals surface area contributed by atoms with E-state index in [1.807, 2.05) is 0 Å². The number of halogens is 3. The number of rotatable bonds is 2. The molecule has 0 spiro atoms. The largest absolute Gasteiger partial charge is 0.395 e. The first-order chi connectivity index (χ1) is 5.65. The van der Waals surface area contributed by atoms with Gasteiger partial charge in [0.2, 0.25) is 0 Å². The summed E-state index contributed by atoms with van der Waals surface area (Å²) in [6.07, 6.45) is 3.55. The molecule has 1 saturated carbocycles. The van der Waals surface area contributed by atoms with Crippen LogP contribution in [-0.2, 0) is 0 Å². The molecule has 0 saturated heterocycles. The zero-order valence-corrected chi connectivity index (χ0v) is 11.5. The lowest BCUT2D eigenvalue weighted by molar-refractivity contribution is 0.246.